The van der Waals surface area contributed by atoms with Crippen LogP contribution in [-0.2, 0) is 6.54 Å². The van der Waals surface area contributed by atoms with E-state index < -0.39 is 0 Å². The van der Waals surface area contributed by atoms with E-state index in [1.807, 2.05) is 24.3 Å². The van der Waals surface area contributed by atoms with Gasteiger partial charge in [-0.25, -0.2) is 4.39 Å². The Kier molecular flexibility index (Phi) is 2.99. The van der Waals surface area contributed by atoms with E-state index in [2.05, 4.69) is 4.90 Å². The van der Waals surface area contributed by atoms with Crippen molar-refractivity contribution in [2.75, 3.05) is 23.8 Å². The molecule has 0 bridgehead atoms. The molecule has 19 heavy (non-hydrogen) atoms. The summed E-state index contributed by atoms with van der Waals surface area (Å²) in [4.78, 5) is 2.20. The van der Waals surface area contributed by atoms with Gasteiger partial charge < -0.3 is 15.4 Å². The van der Waals surface area contributed by atoms with E-state index in [9.17, 15) is 4.39 Å². The number of rotatable bonds is 2. The van der Waals surface area contributed by atoms with Crippen LogP contribution in [0.5, 0.6) is 5.75 Å². The minimum absolute atomic E-state index is 0.302. The van der Waals surface area contributed by atoms with Crippen LogP contribution < -0.4 is 15.4 Å². The fraction of sp³-hybridized carbons (Fsp3) is 0.200. The first-order chi connectivity index (χ1) is 9.24. The summed E-state index contributed by atoms with van der Waals surface area (Å²) >= 11 is 0. The first kappa shape index (κ1) is 11.8. The summed E-state index contributed by atoms with van der Waals surface area (Å²) in [5, 5.41) is 0. The Morgan fingerprint density at radius 3 is 2.89 bits per heavy atom. The summed E-state index contributed by atoms with van der Waals surface area (Å²) in [7, 11) is 0. The molecule has 0 radical (unpaired) electrons. The van der Waals surface area contributed by atoms with E-state index in [1.54, 1.807) is 6.07 Å². The highest BCUT2D eigenvalue weighted by molar-refractivity contribution is 5.61. The fourth-order valence-corrected chi connectivity index (χ4v) is 2.31. The molecule has 2 N–H and O–H groups in total. The summed E-state index contributed by atoms with van der Waals surface area (Å²) in [6.45, 7) is 2.11. The number of nitrogens with two attached hydrogens (primary N) is 1. The van der Waals surface area contributed by atoms with Gasteiger partial charge in [0.2, 0.25) is 0 Å². The summed E-state index contributed by atoms with van der Waals surface area (Å²) in [5.74, 6) is 0.582. The lowest BCUT2D eigenvalue weighted by Gasteiger charge is -2.31. The zero-order chi connectivity index (χ0) is 13.2. The van der Waals surface area contributed by atoms with Crippen molar-refractivity contribution in [3.8, 4) is 5.75 Å². The number of fused-ring (bicyclic) bond motifs is 1. The van der Waals surface area contributed by atoms with Crippen molar-refractivity contribution >= 4 is 11.4 Å². The van der Waals surface area contributed by atoms with Gasteiger partial charge >= 0.3 is 0 Å². The molecule has 0 aromatic heterocycles. The van der Waals surface area contributed by atoms with Gasteiger partial charge in [-0.1, -0.05) is 18.2 Å². The van der Waals surface area contributed by atoms with E-state index in [-0.39, 0.29) is 5.82 Å². The molecular weight excluding hydrogens is 243 g/mol. The van der Waals surface area contributed by atoms with Crippen molar-refractivity contribution in [2.45, 2.75) is 6.54 Å². The SMILES string of the molecule is Nc1cc(F)ccc1CN1CCOc2ccccc21. The number of nitrogens with zero attached hydrogens (tertiary/aromatic N) is 1. The van der Waals surface area contributed by atoms with Crippen LogP contribution in [0, 0.1) is 5.82 Å². The first-order valence-electron chi connectivity index (χ1n) is 6.25. The molecule has 0 atom stereocenters. The van der Waals surface area contributed by atoms with Crippen molar-refractivity contribution in [1.29, 1.82) is 0 Å². The molecule has 3 nitrogen and oxygen atoms in total. The zero-order valence-corrected chi connectivity index (χ0v) is 10.5. The molecule has 1 aliphatic heterocycles. The third-order valence-electron chi connectivity index (χ3n) is 3.29. The van der Waals surface area contributed by atoms with Crippen LogP contribution >= 0.6 is 0 Å². The highest BCUT2D eigenvalue weighted by Crippen LogP contribution is 2.32. The molecule has 4 heteroatoms. The predicted octanol–water partition coefficient (Wildman–Crippen LogP) is 2.81. The molecular formula is C15H15FN2O. The number of nitrogen functional groups attached to an aromatic ring is 1. The second-order valence-corrected chi connectivity index (χ2v) is 4.58. The monoisotopic (exact) mass is 258 g/mol. The molecule has 3 rings (SSSR count). The molecule has 1 aliphatic rings. The van der Waals surface area contributed by atoms with Crippen molar-refractivity contribution in [1.82, 2.24) is 0 Å². The van der Waals surface area contributed by atoms with E-state index >= 15 is 0 Å². The maximum atomic E-state index is 13.1. The van der Waals surface area contributed by atoms with Crippen LogP contribution in [-0.4, -0.2) is 13.2 Å². The molecule has 98 valence electrons. The highest BCUT2D eigenvalue weighted by Gasteiger charge is 2.18. The Bertz CT molecular complexity index is 600. The zero-order valence-electron chi connectivity index (χ0n) is 10.5. The van der Waals surface area contributed by atoms with Gasteiger partial charge in [-0.3, -0.25) is 0 Å². The first-order valence-corrected chi connectivity index (χ1v) is 6.25. The van der Waals surface area contributed by atoms with E-state index in [4.69, 9.17) is 10.5 Å². The fourth-order valence-electron chi connectivity index (χ4n) is 2.31. The van der Waals surface area contributed by atoms with E-state index in [0.29, 0.717) is 18.8 Å². The topological polar surface area (TPSA) is 38.5 Å². The van der Waals surface area contributed by atoms with Gasteiger partial charge in [0.15, 0.2) is 0 Å². The molecule has 2 aromatic rings. The third-order valence-corrected chi connectivity index (χ3v) is 3.29. The maximum absolute atomic E-state index is 13.1. The molecule has 0 fully saturated rings. The van der Waals surface area contributed by atoms with E-state index in [0.717, 1.165) is 23.5 Å². The number of halogens is 1. The summed E-state index contributed by atoms with van der Waals surface area (Å²) in [5.41, 5.74) is 8.33. The molecule has 0 aliphatic carbocycles. The second kappa shape index (κ2) is 4.80. The van der Waals surface area contributed by atoms with Crippen LogP contribution in [0.25, 0.3) is 0 Å². The minimum atomic E-state index is -0.302. The van der Waals surface area contributed by atoms with Gasteiger partial charge in [0.25, 0.3) is 0 Å². The smallest absolute Gasteiger partial charge is 0.142 e. The van der Waals surface area contributed by atoms with Crippen molar-refractivity contribution < 1.29 is 9.13 Å². The van der Waals surface area contributed by atoms with E-state index in [1.165, 1.54) is 12.1 Å². The lowest BCUT2D eigenvalue weighted by Crippen LogP contribution is -2.32. The number of ether oxygens (including phenoxy) is 1. The molecule has 1 heterocycles. The van der Waals surface area contributed by atoms with Crippen LogP contribution in [0.2, 0.25) is 0 Å². The number of anilines is 2. The average Bonchev–Trinajstić information content (AvgIpc) is 2.42. The largest absolute Gasteiger partial charge is 0.490 e. The van der Waals surface area contributed by atoms with Crippen LogP contribution in [0.3, 0.4) is 0 Å². The molecule has 0 spiro atoms. The molecule has 0 saturated heterocycles. The quantitative estimate of drug-likeness (QED) is 0.842. The lowest BCUT2D eigenvalue weighted by atomic mass is 10.1. The van der Waals surface area contributed by atoms with Gasteiger partial charge in [0.05, 0.1) is 12.2 Å². The van der Waals surface area contributed by atoms with Gasteiger partial charge in [0.1, 0.15) is 18.2 Å². The predicted molar refractivity (Wildman–Crippen MR) is 73.8 cm³/mol. The lowest BCUT2D eigenvalue weighted by molar-refractivity contribution is 0.307. The normalized spacial score (nSPS) is 13.8. The van der Waals surface area contributed by atoms with Crippen LogP contribution in [0.4, 0.5) is 15.8 Å². The number of para-hydroxylation sites is 2. The number of benzene rings is 2. The standard InChI is InChI=1S/C15H15FN2O/c16-12-6-5-11(13(17)9-12)10-18-7-8-19-15-4-2-1-3-14(15)18/h1-6,9H,7-8,10,17H2. The third kappa shape index (κ3) is 2.34. The maximum Gasteiger partial charge on any atom is 0.142 e. The molecule has 2 aromatic carbocycles. The second-order valence-electron chi connectivity index (χ2n) is 4.58. The Morgan fingerprint density at radius 2 is 2.05 bits per heavy atom. The molecule has 0 unspecified atom stereocenters. The van der Waals surface area contributed by atoms with Gasteiger partial charge in [-0.15, -0.1) is 0 Å². The van der Waals surface area contributed by atoms with Crippen LogP contribution in [0.15, 0.2) is 42.5 Å². The minimum Gasteiger partial charge on any atom is -0.490 e. The summed E-state index contributed by atoms with van der Waals surface area (Å²) in [6.07, 6.45) is 0. The van der Waals surface area contributed by atoms with Crippen molar-refractivity contribution in [2.24, 2.45) is 0 Å². The number of hydrogen-bond acceptors (Lipinski definition) is 3. The van der Waals surface area contributed by atoms with Gasteiger partial charge in [-0.2, -0.15) is 0 Å². The Balaban J connectivity index is 1.88. The average molecular weight is 258 g/mol. The van der Waals surface area contributed by atoms with Crippen molar-refractivity contribution in [3.63, 3.8) is 0 Å². The summed E-state index contributed by atoms with van der Waals surface area (Å²) < 4.78 is 18.7. The highest BCUT2D eigenvalue weighted by atomic mass is 19.1. The Labute approximate surface area is 111 Å². The van der Waals surface area contributed by atoms with Crippen LogP contribution in [0.1, 0.15) is 5.56 Å². The Morgan fingerprint density at radius 1 is 1.21 bits per heavy atom. The Hall–Kier alpha value is -2.23. The number of hydrogen-bond donors (Lipinski definition) is 1. The molecule has 0 amide bonds. The van der Waals surface area contributed by atoms with Gasteiger partial charge in [0, 0.05) is 12.2 Å². The van der Waals surface area contributed by atoms with Gasteiger partial charge in [-0.05, 0) is 29.8 Å². The molecule has 0 saturated carbocycles. The van der Waals surface area contributed by atoms with Crippen molar-refractivity contribution in [3.05, 3.63) is 53.8 Å². The summed E-state index contributed by atoms with van der Waals surface area (Å²) in [6, 6.07) is 12.5.